The van der Waals surface area contributed by atoms with Gasteiger partial charge in [0.25, 0.3) is 0 Å². The van der Waals surface area contributed by atoms with Crippen LogP contribution in [-0.2, 0) is 12.6 Å². The monoisotopic (exact) mass is 569 g/mol. The third kappa shape index (κ3) is 5.74. The Morgan fingerprint density at radius 1 is 1.05 bits per heavy atom. The SMILES string of the molecule is CC(CC(=O)c1cnn2cc(-c3cccnc3)ccc12)c1ncc(C(=O)Cc2cc(C(F)(F)F)c(Cl)cn2)s1. The summed E-state index contributed by atoms with van der Waals surface area (Å²) in [6, 6.07) is 8.29. The lowest BCUT2D eigenvalue weighted by molar-refractivity contribution is -0.137. The van der Waals surface area contributed by atoms with Gasteiger partial charge in [-0.1, -0.05) is 30.7 Å². The zero-order valence-electron chi connectivity index (χ0n) is 20.3. The van der Waals surface area contributed by atoms with Gasteiger partial charge in [0.1, 0.15) is 0 Å². The van der Waals surface area contributed by atoms with Gasteiger partial charge in [-0.2, -0.15) is 18.3 Å². The summed E-state index contributed by atoms with van der Waals surface area (Å²) in [5.41, 5.74) is 1.90. The Morgan fingerprint density at radius 2 is 1.87 bits per heavy atom. The Morgan fingerprint density at radius 3 is 2.62 bits per heavy atom. The Kier molecular flexibility index (Phi) is 7.28. The number of Topliss-reactive ketones (excluding diaryl/α,β-unsaturated/α-hetero) is 2. The van der Waals surface area contributed by atoms with Gasteiger partial charge in [-0.05, 0) is 18.2 Å². The molecule has 5 aromatic heterocycles. The van der Waals surface area contributed by atoms with E-state index in [1.54, 1.807) is 16.9 Å². The molecule has 5 heterocycles. The molecule has 12 heteroatoms. The van der Waals surface area contributed by atoms with Crippen molar-refractivity contribution in [2.24, 2.45) is 0 Å². The van der Waals surface area contributed by atoms with E-state index in [2.05, 4.69) is 20.1 Å². The van der Waals surface area contributed by atoms with Crippen molar-refractivity contribution in [1.82, 2.24) is 24.6 Å². The average molecular weight is 570 g/mol. The van der Waals surface area contributed by atoms with Crippen LogP contribution in [-0.4, -0.2) is 36.1 Å². The summed E-state index contributed by atoms with van der Waals surface area (Å²) in [5, 5.41) is 4.37. The highest BCUT2D eigenvalue weighted by atomic mass is 35.5. The summed E-state index contributed by atoms with van der Waals surface area (Å²) < 4.78 is 41.0. The molecule has 0 radical (unpaired) electrons. The summed E-state index contributed by atoms with van der Waals surface area (Å²) in [7, 11) is 0. The smallest absolute Gasteiger partial charge is 0.294 e. The highest BCUT2D eigenvalue weighted by Crippen LogP contribution is 2.35. The second kappa shape index (κ2) is 10.7. The normalized spacial score (nSPS) is 12.5. The number of halogens is 4. The van der Waals surface area contributed by atoms with Crippen LogP contribution < -0.4 is 0 Å². The van der Waals surface area contributed by atoms with Gasteiger partial charge in [-0.15, -0.1) is 11.3 Å². The van der Waals surface area contributed by atoms with Crippen LogP contribution >= 0.6 is 22.9 Å². The van der Waals surface area contributed by atoms with Gasteiger partial charge in [0.2, 0.25) is 0 Å². The standard InChI is InChI=1S/C27H19ClF3N5O2S/c1-15(7-23(37)19-11-35-36-14-17(4-5-22(19)36)16-3-2-6-32-10-16)26-34-13-25(39-26)24(38)9-18-8-20(27(29,30)31)21(28)12-33-18/h2-6,8,10-15H,7,9H2,1H3. The fraction of sp³-hybridized carbons (Fsp3) is 0.185. The number of rotatable bonds is 8. The quantitative estimate of drug-likeness (QED) is 0.193. The summed E-state index contributed by atoms with van der Waals surface area (Å²) in [5.74, 6) is -0.842. The second-order valence-electron chi connectivity index (χ2n) is 8.89. The summed E-state index contributed by atoms with van der Waals surface area (Å²) in [6.45, 7) is 1.83. The number of ketones is 2. The van der Waals surface area contributed by atoms with E-state index in [1.807, 2.05) is 37.4 Å². The van der Waals surface area contributed by atoms with E-state index in [0.29, 0.717) is 16.1 Å². The number of thiazole rings is 1. The van der Waals surface area contributed by atoms with Crippen molar-refractivity contribution in [3.8, 4) is 11.1 Å². The Bertz CT molecular complexity index is 1680. The third-order valence-electron chi connectivity index (χ3n) is 6.08. The van der Waals surface area contributed by atoms with E-state index in [1.165, 1.54) is 12.4 Å². The van der Waals surface area contributed by atoms with Crippen LogP contribution in [0.25, 0.3) is 16.6 Å². The molecule has 0 saturated carbocycles. The maximum atomic E-state index is 13.1. The van der Waals surface area contributed by atoms with Gasteiger partial charge in [-0.3, -0.25) is 19.6 Å². The Hall–Kier alpha value is -3.96. The Balaban J connectivity index is 1.27. The van der Waals surface area contributed by atoms with Crippen molar-refractivity contribution < 1.29 is 22.8 Å². The topological polar surface area (TPSA) is 90.1 Å². The molecule has 1 unspecified atom stereocenters. The molecule has 1 atom stereocenters. The molecule has 39 heavy (non-hydrogen) atoms. The first-order valence-electron chi connectivity index (χ1n) is 11.7. The number of hydrogen-bond acceptors (Lipinski definition) is 7. The van der Waals surface area contributed by atoms with Crippen LogP contribution in [0.5, 0.6) is 0 Å². The van der Waals surface area contributed by atoms with Crippen LogP contribution in [0.15, 0.2) is 67.5 Å². The molecule has 5 rings (SSSR count). The summed E-state index contributed by atoms with van der Waals surface area (Å²) in [4.78, 5) is 38.4. The minimum Gasteiger partial charge on any atom is -0.294 e. The first kappa shape index (κ1) is 26.6. The molecule has 0 aliphatic rings. The van der Waals surface area contributed by atoms with E-state index in [9.17, 15) is 22.8 Å². The van der Waals surface area contributed by atoms with E-state index in [-0.39, 0.29) is 35.1 Å². The molecule has 0 saturated heterocycles. The molecule has 0 fully saturated rings. The molecule has 0 aliphatic heterocycles. The number of hydrogen-bond donors (Lipinski definition) is 0. The first-order chi connectivity index (χ1) is 18.6. The van der Waals surface area contributed by atoms with E-state index in [0.717, 1.165) is 34.7 Å². The molecule has 0 aliphatic carbocycles. The van der Waals surface area contributed by atoms with E-state index >= 15 is 0 Å². The van der Waals surface area contributed by atoms with Crippen molar-refractivity contribution in [3.63, 3.8) is 0 Å². The number of aromatic nitrogens is 5. The summed E-state index contributed by atoms with van der Waals surface area (Å²) in [6.07, 6.45) is 4.22. The maximum Gasteiger partial charge on any atom is 0.417 e. The molecule has 198 valence electrons. The van der Waals surface area contributed by atoms with Crippen LogP contribution in [0.2, 0.25) is 5.02 Å². The lowest BCUT2D eigenvalue weighted by Gasteiger charge is -2.09. The van der Waals surface area contributed by atoms with Gasteiger partial charge in [-0.25, -0.2) is 9.50 Å². The number of nitrogens with zero attached hydrogens (tertiary/aromatic N) is 5. The van der Waals surface area contributed by atoms with Crippen molar-refractivity contribution in [2.45, 2.75) is 31.9 Å². The third-order valence-corrected chi connectivity index (χ3v) is 7.65. The van der Waals surface area contributed by atoms with Gasteiger partial charge in [0.05, 0.1) is 44.2 Å². The molecule has 0 N–H and O–H groups in total. The zero-order valence-corrected chi connectivity index (χ0v) is 21.9. The minimum atomic E-state index is -4.65. The number of pyridine rings is 3. The fourth-order valence-corrected chi connectivity index (χ4v) is 5.19. The van der Waals surface area contributed by atoms with Gasteiger partial charge >= 0.3 is 6.18 Å². The van der Waals surface area contributed by atoms with E-state index in [4.69, 9.17) is 11.6 Å². The molecule has 0 spiro atoms. The Labute approximate surface area is 229 Å². The van der Waals surface area contributed by atoms with Crippen LogP contribution in [0.4, 0.5) is 13.2 Å². The minimum absolute atomic E-state index is 0.0466. The zero-order chi connectivity index (χ0) is 27.7. The molecule has 0 bridgehead atoms. The number of alkyl halides is 3. The van der Waals surface area contributed by atoms with Gasteiger partial charge < -0.3 is 0 Å². The molecule has 5 aromatic rings. The van der Waals surface area contributed by atoms with Crippen LogP contribution in [0.3, 0.4) is 0 Å². The molecular formula is C27H19ClF3N5O2S. The van der Waals surface area contributed by atoms with E-state index < -0.39 is 22.5 Å². The lowest BCUT2D eigenvalue weighted by Crippen LogP contribution is -2.10. The summed E-state index contributed by atoms with van der Waals surface area (Å²) >= 11 is 6.71. The van der Waals surface area contributed by atoms with Crippen molar-refractivity contribution in [3.05, 3.63) is 99.2 Å². The predicted octanol–water partition coefficient (Wildman–Crippen LogP) is 6.72. The lowest BCUT2D eigenvalue weighted by atomic mass is 10.0. The van der Waals surface area contributed by atoms with Crippen molar-refractivity contribution in [1.29, 1.82) is 0 Å². The van der Waals surface area contributed by atoms with Gasteiger partial charge in [0, 0.05) is 60.1 Å². The average Bonchev–Trinajstić information content (AvgIpc) is 3.57. The van der Waals surface area contributed by atoms with Crippen LogP contribution in [0, 0.1) is 0 Å². The predicted molar refractivity (Wildman–Crippen MR) is 140 cm³/mol. The molecular weight excluding hydrogens is 551 g/mol. The molecule has 0 aromatic carbocycles. The maximum absolute atomic E-state index is 13.1. The second-order valence-corrected chi connectivity index (χ2v) is 10.4. The largest absolute Gasteiger partial charge is 0.417 e. The molecule has 7 nitrogen and oxygen atoms in total. The first-order valence-corrected chi connectivity index (χ1v) is 12.9. The molecule has 0 amide bonds. The highest BCUT2D eigenvalue weighted by Gasteiger charge is 2.34. The van der Waals surface area contributed by atoms with Crippen molar-refractivity contribution >= 4 is 40.0 Å². The number of carbonyl (C=O) groups is 2. The number of carbonyl (C=O) groups excluding carboxylic acids is 2. The fourth-order valence-electron chi connectivity index (χ4n) is 4.07. The van der Waals surface area contributed by atoms with Crippen LogP contribution in [0.1, 0.15) is 55.6 Å². The van der Waals surface area contributed by atoms with Crippen molar-refractivity contribution in [2.75, 3.05) is 0 Å². The highest BCUT2D eigenvalue weighted by molar-refractivity contribution is 7.13. The van der Waals surface area contributed by atoms with Gasteiger partial charge in [0.15, 0.2) is 11.6 Å². The number of fused-ring (bicyclic) bond motifs is 1.